The third-order valence-electron chi connectivity index (χ3n) is 0.748. The number of likely N-dealkylation sites (N-methyl/N-ethyl adjacent to an activating group) is 1. The second kappa shape index (κ2) is 5.67. The highest BCUT2D eigenvalue weighted by atomic mass is 16.1. The third kappa shape index (κ3) is 4.69. The molecule has 0 spiro atoms. The summed E-state index contributed by atoms with van der Waals surface area (Å²) in [6, 6.07) is 0. The number of nitrogens with one attached hydrogen (secondary N) is 3. The van der Waals surface area contributed by atoms with Crippen molar-refractivity contribution in [2.45, 2.75) is 0 Å². The van der Waals surface area contributed by atoms with Crippen LogP contribution in [0.3, 0.4) is 0 Å². The van der Waals surface area contributed by atoms with E-state index < -0.39 is 0 Å². The molecule has 0 aliphatic heterocycles. The number of amides is 1. The predicted molar refractivity (Wildman–Crippen MR) is 35.7 cm³/mol. The molecule has 6 nitrogen and oxygen atoms in total. The fraction of sp³-hybridized carbons (Fsp3) is 0.500. The SMILES string of the molecule is CNC(=O)CN/C=N\N=N. The molecule has 0 unspecified atom stereocenters. The van der Waals surface area contributed by atoms with Gasteiger partial charge in [0, 0.05) is 7.05 Å². The highest BCUT2D eigenvalue weighted by Crippen LogP contribution is 1.61. The largest absolute Gasteiger partial charge is 0.365 e. The summed E-state index contributed by atoms with van der Waals surface area (Å²) < 4.78 is 0. The molecular formula is C4H9N5O. The van der Waals surface area contributed by atoms with Gasteiger partial charge in [-0.25, -0.2) is 0 Å². The van der Waals surface area contributed by atoms with Crippen molar-refractivity contribution in [3.05, 3.63) is 0 Å². The number of carbonyl (C=O) groups is 1. The first-order valence-corrected chi connectivity index (χ1v) is 2.63. The molecule has 1 amide bonds. The monoisotopic (exact) mass is 143 g/mol. The van der Waals surface area contributed by atoms with Crippen molar-refractivity contribution < 1.29 is 4.79 Å². The molecule has 0 aliphatic rings. The van der Waals surface area contributed by atoms with Crippen LogP contribution in [0.4, 0.5) is 0 Å². The van der Waals surface area contributed by atoms with Crippen LogP contribution in [-0.4, -0.2) is 25.8 Å². The Morgan fingerprint density at radius 1 is 1.80 bits per heavy atom. The molecule has 0 radical (unpaired) electrons. The average Bonchev–Trinajstić information content (AvgIpc) is 1.98. The minimum Gasteiger partial charge on any atom is -0.365 e. The highest BCUT2D eigenvalue weighted by Gasteiger charge is 1.90. The lowest BCUT2D eigenvalue weighted by atomic mass is 10.6. The summed E-state index contributed by atoms with van der Waals surface area (Å²) in [6.45, 7) is 0.148. The Morgan fingerprint density at radius 2 is 2.50 bits per heavy atom. The minimum atomic E-state index is -0.142. The van der Waals surface area contributed by atoms with Gasteiger partial charge in [0.15, 0.2) is 0 Å². The van der Waals surface area contributed by atoms with E-state index in [0.717, 1.165) is 0 Å². The lowest BCUT2D eigenvalue weighted by Crippen LogP contribution is -2.30. The van der Waals surface area contributed by atoms with Gasteiger partial charge >= 0.3 is 0 Å². The summed E-state index contributed by atoms with van der Waals surface area (Å²) in [5.41, 5.74) is 6.22. The fourth-order valence-corrected chi connectivity index (χ4v) is 0.296. The molecule has 0 fully saturated rings. The summed E-state index contributed by atoms with van der Waals surface area (Å²) in [5, 5.41) is 10.8. The summed E-state index contributed by atoms with van der Waals surface area (Å²) in [4.78, 5) is 10.5. The predicted octanol–water partition coefficient (Wildman–Crippen LogP) is -0.704. The van der Waals surface area contributed by atoms with Crippen molar-refractivity contribution in [3.8, 4) is 0 Å². The van der Waals surface area contributed by atoms with Crippen molar-refractivity contribution in [2.24, 2.45) is 10.3 Å². The molecule has 0 aromatic heterocycles. The standard InChI is InChI=1S/C4H9N5O/c1-6-4(10)2-7-3-8-9-5/h3H,2H2,1H3,(H,6,10)(H2,5,7,8). The third-order valence-corrected chi connectivity index (χ3v) is 0.748. The smallest absolute Gasteiger partial charge is 0.239 e. The maximum absolute atomic E-state index is 10.5. The Bertz CT molecular complexity index is 143. The highest BCUT2D eigenvalue weighted by molar-refractivity contribution is 5.79. The van der Waals surface area contributed by atoms with Gasteiger partial charge in [-0.15, -0.1) is 5.10 Å². The molecule has 0 aromatic rings. The van der Waals surface area contributed by atoms with E-state index >= 15 is 0 Å². The normalized spacial score (nSPS) is 9.30. The lowest BCUT2D eigenvalue weighted by Gasteiger charge is -1.95. The van der Waals surface area contributed by atoms with E-state index in [1.807, 2.05) is 0 Å². The van der Waals surface area contributed by atoms with Crippen molar-refractivity contribution in [3.63, 3.8) is 0 Å². The maximum Gasteiger partial charge on any atom is 0.239 e. The second-order valence-electron chi connectivity index (χ2n) is 1.40. The van der Waals surface area contributed by atoms with Gasteiger partial charge in [0.1, 0.15) is 6.34 Å². The van der Waals surface area contributed by atoms with Gasteiger partial charge in [0.2, 0.25) is 5.91 Å². The van der Waals surface area contributed by atoms with Crippen LogP contribution in [0.25, 0.3) is 0 Å². The summed E-state index contributed by atoms with van der Waals surface area (Å²) in [7, 11) is 1.54. The average molecular weight is 143 g/mol. The lowest BCUT2D eigenvalue weighted by molar-refractivity contribution is -0.119. The van der Waals surface area contributed by atoms with Crippen LogP contribution >= 0.6 is 0 Å². The van der Waals surface area contributed by atoms with Crippen LogP contribution in [0, 0.1) is 5.53 Å². The zero-order chi connectivity index (χ0) is 7.82. The molecule has 3 N–H and O–H groups in total. The Morgan fingerprint density at radius 3 is 3.00 bits per heavy atom. The van der Waals surface area contributed by atoms with E-state index in [2.05, 4.69) is 21.0 Å². The van der Waals surface area contributed by atoms with Crippen LogP contribution in [-0.2, 0) is 4.79 Å². The van der Waals surface area contributed by atoms with Crippen LogP contribution in [0.2, 0.25) is 0 Å². The molecule has 56 valence electrons. The van der Waals surface area contributed by atoms with E-state index in [0.29, 0.717) is 0 Å². The zero-order valence-electron chi connectivity index (χ0n) is 5.59. The van der Waals surface area contributed by atoms with Gasteiger partial charge in [0.05, 0.1) is 6.54 Å². The van der Waals surface area contributed by atoms with Gasteiger partial charge < -0.3 is 10.6 Å². The van der Waals surface area contributed by atoms with Crippen molar-refractivity contribution in [2.75, 3.05) is 13.6 Å². The van der Waals surface area contributed by atoms with Gasteiger partial charge in [-0.3, -0.25) is 4.79 Å². The molecule has 0 rings (SSSR count). The first-order valence-electron chi connectivity index (χ1n) is 2.63. The molecular weight excluding hydrogens is 134 g/mol. The molecule has 0 heterocycles. The Balaban J connectivity index is 3.27. The summed E-state index contributed by atoms with van der Waals surface area (Å²) in [5.74, 6) is -0.142. The Hall–Kier alpha value is -1.46. The molecule has 0 aliphatic carbocycles. The van der Waals surface area contributed by atoms with Gasteiger partial charge in [-0.1, -0.05) is 5.22 Å². The molecule has 6 heteroatoms. The number of rotatable bonds is 4. The first kappa shape index (κ1) is 8.54. The molecule has 10 heavy (non-hydrogen) atoms. The van der Waals surface area contributed by atoms with Crippen molar-refractivity contribution >= 4 is 12.2 Å². The topological polar surface area (TPSA) is 89.7 Å². The summed E-state index contributed by atoms with van der Waals surface area (Å²) >= 11 is 0. The van der Waals surface area contributed by atoms with E-state index in [-0.39, 0.29) is 12.5 Å². The van der Waals surface area contributed by atoms with Gasteiger partial charge in [-0.05, 0) is 0 Å². The van der Waals surface area contributed by atoms with Crippen LogP contribution < -0.4 is 10.6 Å². The van der Waals surface area contributed by atoms with Crippen molar-refractivity contribution in [1.29, 1.82) is 5.53 Å². The zero-order valence-corrected chi connectivity index (χ0v) is 5.59. The molecule has 0 atom stereocenters. The van der Waals surface area contributed by atoms with E-state index in [4.69, 9.17) is 5.53 Å². The van der Waals surface area contributed by atoms with Crippen molar-refractivity contribution in [1.82, 2.24) is 10.6 Å². The maximum atomic E-state index is 10.5. The van der Waals surface area contributed by atoms with E-state index in [9.17, 15) is 4.79 Å². The number of hydrogen-bond donors (Lipinski definition) is 3. The van der Waals surface area contributed by atoms with E-state index in [1.165, 1.54) is 13.4 Å². The van der Waals surface area contributed by atoms with Crippen LogP contribution in [0.15, 0.2) is 10.3 Å². The van der Waals surface area contributed by atoms with Crippen LogP contribution in [0.5, 0.6) is 0 Å². The van der Waals surface area contributed by atoms with Gasteiger partial charge in [-0.2, -0.15) is 5.53 Å². The molecule has 0 bridgehead atoms. The Labute approximate surface area is 58.2 Å². The Kier molecular flexibility index (Phi) is 4.84. The quantitative estimate of drug-likeness (QED) is 0.210. The summed E-state index contributed by atoms with van der Waals surface area (Å²) in [6.07, 6.45) is 1.18. The van der Waals surface area contributed by atoms with E-state index in [1.54, 1.807) is 0 Å². The number of hydrogen-bond acceptors (Lipinski definition) is 3. The molecule has 0 saturated heterocycles. The number of nitrogens with zero attached hydrogens (tertiary/aromatic N) is 2. The second-order valence-corrected chi connectivity index (χ2v) is 1.40. The minimum absolute atomic E-state index is 0.142. The molecule has 0 aromatic carbocycles. The van der Waals surface area contributed by atoms with Gasteiger partial charge in [0.25, 0.3) is 0 Å². The fourth-order valence-electron chi connectivity index (χ4n) is 0.296. The molecule has 0 saturated carbocycles. The number of carbonyl (C=O) groups excluding carboxylic acids is 1. The van der Waals surface area contributed by atoms with Crippen LogP contribution in [0.1, 0.15) is 0 Å². The first-order chi connectivity index (χ1) is 4.81.